The smallest absolute Gasteiger partial charge is 0.103 e. The SMILES string of the molecule is [B]C1C=C(CO)C(O)C1O. The fourth-order valence-corrected chi connectivity index (χ4v) is 1.02. The Labute approximate surface area is 60.4 Å². The van der Waals surface area contributed by atoms with Gasteiger partial charge < -0.3 is 15.3 Å². The van der Waals surface area contributed by atoms with Crippen LogP contribution in [0.4, 0.5) is 0 Å². The molecule has 0 fully saturated rings. The van der Waals surface area contributed by atoms with Crippen molar-refractivity contribution in [2.24, 2.45) is 0 Å². The first-order valence-electron chi connectivity index (χ1n) is 3.10. The first kappa shape index (κ1) is 7.79. The van der Waals surface area contributed by atoms with Crippen LogP contribution < -0.4 is 0 Å². The Balaban J connectivity index is 2.68. The van der Waals surface area contributed by atoms with Crippen LogP contribution in [-0.2, 0) is 0 Å². The zero-order valence-electron chi connectivity index (χ0n) is 5.44. The lowest BCUT2D eigenvalue weighted by Crippen LogP contribution is -2.26. The van der Waals surface area contributed by atoms with Crippen molar-refractivity contribution in [2.75, 3.05) is 6.61 Å². The summed E-state index contributed by atoms with van der Waals surface area (Å²) in [7, 11) is 5.34. The third-order valence-electron chi connectivity index (χ3n) is 1.69. The molecule has 3 unspecified atom stereocenters. The average molecular weight is 140 g/mol. The molecule has 1 aliphatic carbocycles. The Morgan fingerprint density at radius 2 is 2.10 bits per heavy atom. The van der Waals surface area contributed by atoms with Crippen molar-refractivity contribution in [3.8, 4) is 0 Å². The van der Waals surface area contributed by atoms with E-state index >= 15 is 0 Å². The number of rotatable bonds is 1. The predicted molar refractivity (Wildman–Crippen MR) is 36.7 cm³/mol. The third-order valence-corrected chi connectivity index (χ3v) is 1.69. The van der Waals surface area contributed by atoms with Crippen LogP contribution in [-0.4, -0.2) is 42.0 Å². The largest absolute Gasteiger partial charge is 0.392 e. The van der Waals surface area contributed by atoms with E-state index in [2.05, 4.69) is 0 Å². The van der Waals surface area contributed by atoms with E-state index in [-0.39, 0.29) is 6.61 Å². The van der Waals surface area contributed by atoms with E-state index in [0.29, 0.717) is 5.57 Å². The van der Waals surface area contributed by atoms with Gasteiger partial charge in [0.1, 0.15) is 6.10 Å². The van der Waals surface area contributed by atoms with Gasteiger partial charge in [-0.25, -0.2) is 0 Å². The van der Waals surface area contributed by atoms with Gasteiger partial charge in [0.05, 0.1) is 20.6 Å². The molecule has 3 atom stereocenters. The van der Waals surface area contributed by atoms with Gasteiger partial charge in [0.2, 0.25) is 0 Å². The van der Waals surface area contributed by atoms with Gasteiger partial charge in [-0.1, -0.05) is 6.08 Å². The van der Waals surface area contributed by atoms with Crippen molar-refractivity contribution in [1.29, 1.82) is 0 Å². The van der Waals surface area contributed by atoms with Gasteiger partial charge in [-0.2, -0.15) is 0 Å². The average Bonchev–Trinajstić information content (AvgIpc) is 2.17. The fraction of sp³-hybridized carbons (Fsp3) is 0.667. The molecule has 10 heavy (non-hydrogen) atoms. The molecular weight excluding hydrogens is 131 g/mol. The van der Waals surface area contributed by atoms with Crippen LogP contribution in [0.15, 0.2) is 11.6 Å². The number of hydrogen-bond acceptors (Lipinski definition) is 3. The van der Waals surface area contributed by atoms with Gasteiger partial charge in [0.25, 0.3) is 0 Å². The summed E-state index contributed by atoms with van der Waals surface area (Å²) in [6.07, 6.45) is -0.461. The molecule has 0 aromatic carbocycles. The van der Waals surface area contributed by atoms with Crippen LogP contribution >= 0.6 is 0 Å². The van der Waals surface area contributed by atoms with E-state index in [9.17, 15) is 0 Å². The van der Waals surface area contributed by atoms with Gasteiger partial charge in [-0.15, -0.1) is 0 Å². The van der Waals surface area contributed by atoms with Crippen molar-refractivity contribution in [1.82, 2.24) is 0 Å². The maximum absolute atomic E-state index is 9.07. The van der Waals surface area contributed by atoms with Crippen LogP contribution in [0.1, 0.15) is 0 Å². The Morgan fingerprint density at radius 3 is 2.30 bits per heavy atom. The molecule has 3 N–H and O–H groups in total. The highest BCUT2D eigenvalue weighted by Gasteiger charge is 2.30. The summed E-state index contributed by atoms with van der Waals surface area (Å²) in [5.41, 5.74) is 0.403. The maximum Gasteiger partial charge on any atom is 0.103 e. The second kappa shape index (κ2) is 2.74. The van der Waals surface area contributed by atoms with E-state index in [1.165, 1.54) is 6.08 Å². The van der Waals surface area contributed by atoms with Crippen LogP contribution in [0.5, 0.6) is 0 Å². The first-order chi connectivity index (χ1) is 4.66. The van der Waals surface area contributed by atoms with Crippen molar-refractivity contribution in [3.05, 3.63) is 11.6 Å². The number of aliphatic hydroxyl groups excluding tert-OH is 3. The van der Waals surface area contributed by atoms with Gasteiger partial charge >= 0.3 is 0 Å². The zero-order valence-corrected chi connectivity index (χ0v) is 5.44. The summed E-state index contributed by atoms with van der Waals surface area (Å²) in [5.74, 6) is -0.544. The summed E-state index contributed by atoms with van der Waals surface area (Å²) in [6.45, 7) is -0.244. The van der Waals surface area contributed by atoms with Crippen LogP contribution in [0.3, 0.4) is 0 Å². The molecule has 0 aromatic heterocycles. The summed E-state index contributed by atoms with van der Waals surface area (Å²) in [6, 6.07) is 0. The zero-order chi connectivity index (χ0) is 7.72. The molecule has 0 saturated heterocycles. The van der Waals surface area contributed by atoms with Crippen LogP contribution in [0.2, 0.25) is 5.82 Å². The lowest BCUT2D eigenvalue weighted by Gasteiger charge is -2.13. The Morgan fingerprint density at radius 1 is 1.50 bits per heavy atom. The molecule has 2 radical (unpaired) electrons. The lowest BCUT2D eigenvalue weighted by molar-refractivity contribution is 0.0505. The van der Waals surface area contributed by atoms with Crippen molar-refractivity contribution < 1.29 is 15.3 Å². The van der Waals surface area contributed by atoms with Gasteiger partial charge in [-0.05, 0) is 11.4 Å². The highest BCUT2D eigenvalue weighted by atomic mass is 16.3. The summed E-state index contributed by atoms with van der Waals surface area (Å²) in [4.78, 5) is 0. The van der Waals surface area contributed by atoms with Gasteiger partial charge in [0.15, 0.2) is 0 Å². The van der Waals surface area contributed by atoms with Crippen molar-refractivity contribution in [3.63, 3.8) is 0 Å². The second-order valence-electron chi connectivity index (χ2n) is 2.41. The van der Waals surface area contributed by atoms with Crippen LogP contribution in [0.25, 0.3) is 0 Å². The molecule has 0 aromatic rings. The molecule has 4 heteroatoms. The molecule has 0 amide bonds. The normalized spacial score (nSPS) is 39.9. The first-order valence-corrected chi connectivity index (χ1v) is 3.10. The molecule has 0 bridgehead atoms. The fourth-order valence-electron chi connectivity index (χ4n) is 1.02. The predicted octanol–water partition coefficient (Wildman–Crippen LogP) is -1.40. The van der Waals surface area contributed by atoms with E-state index in [4.69, 9.17) is 23.2 Å². The highest BCUT2D eigenvalue weighted by Crippen LogP contribution is 2.26. The minimum atomic E-state index is -0.986. The minimum Gasteiger partial charge on any atom is -0.392 e. The standard InChI is InChI=1S/C6H9BO3/c7-4-1-3(2-8)5(9)6(4)10/h1,4-6,8-10H,2H2. The molecule has 0 heterocycles. The monoisotopic (exact) mass is 140 g/mol. The van der Waals surface area contributed by atoms with E-state index in [1.54, 1.807) is 0 Å². The summed E-state index contributed by atoms with van der Waals surface area (Å²) >= 11 is 0. The van der Waals surface area contributed by atoms with E-state index < -0.39 is 18.0 Å². The van der Waals surface area contributed by atoms with Crippen molar-refractivity contribution >= 4 is 7.85 Å². The molecular formula is C6H9BO3. The molecule has 0 spiro atoms. The summed E-state index contributed by atoms with van der Waals surface area (Å²) in [5, 5.41) is 26.7. The van der Waals surface area contributed by atoms with Crippen molar-refractivity contribution in [2.45, 2.75) is 18.0 Å². The van der Waals surface area contributed by atoms with E-state index in [0.717, 1.165) is 0 Å². The lowest BCUT2D eigenvalue weighted by atomic mass is 9.85. The van der Waals surface area contributed by atoms with E-state index in [1.807, 2.05) is 0 Å². The van der Waals surface area contributed by atoms with Crippen LogP contribution in [0, 0.1) is 0 Å². The molecule has 1 aliphatic rings. The summed E-state index contributed by atoms with van der Waals surface area (Å²) < 4.78 is 0. The number of aliphatic hydroxyl groups is 3. The Bertz CT molecular complexity index is 157. The third kappa shape index (κ3) is 1.10. The Hall–Kier alpha value is -0.315. The molecule has 3 nitrogen and oxygen atoms in total. The second-order valence-corrected chi connectivity index (χ2v) is 2.41. The molecule has 0 aliphatic heterocycles. The molecule has 0 saturated carbocycles. The molecule has 1 rings (SSSR count). The Kier molecular flexibility index (Phi) is 2.13. The highest BCUT2D eigenvalue weighted by molar-refractivity contribution is 6.13. The molecule has 54 valence electrons. The number of hydrogen-bond donors (Lipinski definition) is 3. The maximum atomic E-state index is 9.07. The quantitative estimate of drug-likeness (QED) is 0.310. The minimum absolute atomic E-state index is 0.244. The topological polar surface area (TPSA) is 60.7 Å². The van der Waals surface area contributed by atoms with Gasteiger partial charge in [0, 0.05) is 0 Å². The van der Waals surface area contributed by atoms with Gasteiger partial charge in [-0.3, -0.25) is 0 Å².